The van der Waals surface area contributed by atoms with E-state index in [1.54, 1.807) is 33.8 Å². The van der Waals surface area contributed by atoms with E-state index in [0.29, 0.717) is 37.3 Å². The van der Waals surface area contributed by atoms with Crippen molar-refractivity contribution < 1.29 is 9.59 Å². The third kappa shape index (κ3) is 3.85. The molecule has 2 aromatic heterocycles. The summed E-state index contributed by atoms with van der Waals surface area (Å²) >= 11 is 0. The number of aryl methyl sites for hydroxylation is 1. The Balaban J connectivity index is 1.51. The summed E-state index contributed by atoms with van der Waals surface area (Å²) in [6.45, 7) is 9.96. The maximum atomic E-state index is 13.2. The van der Waals surface area contributed by atoms with Gasteiger partial charge in [0.1, 0.15) is 5.69 Å². The minimum absolute atomic E-state index is 0.0295. The maximum Gasteiger partial charge on any atom is 0.275 e. The van der Waals surface area contributed by atoms with E-state index >= 15 is 0 Å². The van der Waals surface area contributed by atoms with E-state index in [1.165, 1.54) is 0 Å². The number of aromatic nitrogens is 3. The van der Waals surface area contributed by atoms with Crippen molar-refractivity contribution in [1.82, 2.24) is 19.0 Å². The highest BCUT2D eigenvalue weighted by molar-refractivity contribution is 5.97. The Morgan fingerprint density at radius 3 is 2.60 bits per heavy atom. The van der Waals surface area contributed by atoms with Gasteiger partial charge < -0.3 is 14.0 Å². The van der Waals surface area contributed by atoms with Gasteiger partial charge in [-0.1, -0.05) is 20.8 Å². The molecule has 0 radical (unpaired) electrons. The molecule has 0 bridgehead atoms. The van der Waals surface area contributed by atoms with E-state index in [4.69, 9.17) is 0 Å². The predicted molar refractivity (Wildman–Crippen MR) is 114 cm³/mol. The number of imidazole rings is 1. The van der Waals surface area contributed by atoms with Gasteiger partial charge in [-0.25, -0.2) is 4.98 Å². The number of rotatable bonds is 3. The Labute approximate surface area is 176 Å². The molecule has 4 rings (SSSR count). The van der Waals surface area contributed by atoms with E-state index < -0.39 is 0 Å². The summed E-state index contributed by atoms with van der Waals surface area (Å²) in [7, 11) is 0. The van der Waals surface area contributed by atoms with Crippen LogP contribution >= 0.6 is 0 Å². The molecule has 160 valence electrons. The van der Waals surface area contributed by atoms with Crippen molar-refractivity contribution >= 4 is 11.7 Å². The third-order valence-electron chi connectivity index (χ3n) is 6.22. The molecule has 4 heterocycles. The van der Waals surface area contributed by atoms with E-state index in [1.807, 2.05) is 11.8 Å². The second-order valence-electron chi connectivity index (χ2n) is 9.87. The van der Waals surface area contributed by atoms with E-state index in [0.717, 1.165) is 18.7 Å². The van der Waals surface area contributed by atoms with Crippen molar-refractivity contribution in [1.29, 1.82) is 0 Å². The fraction of sp³-hybridized carbons (Fsp3) is 0.565. The molecule has 1 saturated heterocycles. The van der Waals surface area contributed by atoms with Gasteiger partial charge in [-0.2, -0.15) is 0 Å². The number of ketones is 1. The number of carbonyl (C=O) groups is 2. The first-order chi connectivity index (χ1) is 14.1. The summed E-state index contributed by atoms with van der Waals surface area (Å²) in [5.74, 6) is 0.242. The zero-order chi connectivity index (χ0) is 21.6. The molecule has 30 heavy (non-hydrogen) atoms. The number of fused-ring (bicyclic) bond motifs is 1. The molecule has 7 nitrogen and oxygen atoms in total. The topological polar surface area (TPSA) is 77.2 Å². The fourth-order valence-electron chi connectivity index (χ4n) is 4.70. The van der Waals surface area contributed by atoms with Crippen molar-refractivity contribution in [3.8, 4) is 5.69 Å². The summed E-state index contributed by atoms with van der Waals surface area (Å²) in [5, 5.41) is 0. The van der Waals surface area contributed by atoms with Crippen LogP contribution in [0.5, 0.6) is 0 Å². The monoisotopic (exact) mass is 410 g/mol. The quantitative estimate of drug-likeness (QED) is 0.780. The Hall–Kier alpha value is -2.70. The number of hydrogen-bond donors (Lipinski definition) is 0. The summed E-state index contributed by atoms with van der Waals surface area (Å²) < 4.78 is 3.30. The van der Waals surface area contributed by atoms with Crippen LogP contribution < -0.4 is 5.56 Å². The molecule has 0 aliphatic carbocycles. The van der Waals surface area contributed by atoms with Gasteiger partial charge in [-0.15, -0.1) is 0 Å². The molecule has 7 heteroatoms. The van der Waals surface area contributed by atoms with Crippen LogP contribution in [0, 0.1) is 24.2 Å². The van der Waals surface area contributed by atoms with Crippen molar-refractivity contribution in [2.45, 2.75) is 53.5 Å². The van der Waals surface area contributed by atoms with E-state index in [9.17, 15) is 14.4 Å². The highest BCUT2D eigenvalue weighted by Crippen LogP contribution is 2.33. The lowest BCUT2D eigenvalue weighted by Crippen LogP contribution is -2.39. The van der Waals surface area contributed by atoms with Crippen LogP contribution in [0.3, 0.4) is 0 Å². The largest absolute Gasteiger partial charge is 0.342 e. The number of likely N-dealkylation sites (tertiary alicyclic amines) is 1. The number of hydrogen-bond acceptors (Lipinski definition) is 4. The normalized spacial score (nSPS) is 21.7. The molecular weight excluding hydrogens is 380 g/mol. The average Bonchev–Trinajstić information content (AvgIpc) is 3.31. The van der Waals surface area contributed by atoms with Crippen molar-refractivity contribution in [2.75, 3.05) is 13.1 Å². The van der Waals surface area contributed by atoms with Gasteiger partial charge in [0.2, 0.25) is 5.91 Å². The molecular formula is C23H30N4O3. The molecule has 0 saturated carbocycles. The SMILES string of the molecule is Cc1cn(-c2ccc3n(c2=O)CCC([C@@H]2CCN(C(=O)CC(C)(C)C)C2)C3=O)cn1. The molecule has 2 atom stereocenters. The number of amides is 1. The summed E-state index contributed by atoms with van der Waals surface area (Å²) in [5.41, 5.74) is 1.62. The van der Waals surface area contributed by atoms with Crippen LogP contribution in [0.4, 0.5) is 0 Å². The Kier molecular flexibility index (Phi) is 5.16. The molecule has 2 aliphatic heterocycles. The van der Waals surface area contributed by atoms with Crippen LogP contribution in [0.1, 0.15) is 56.2 Å². The second kappa shape index (κ2) is 7.52. The third-order valence-corrected chi connectivity index (χ3v) is 6.22. The molecule has 1 fully saturated rings. The van der Waals surface area contributed by atoms with Crippen LogP contribution in [0.25, 0.3) is 5.69 Å². The minimum Gasteiger partial charge on any atom is -0.342 e. The lowest BCUT2D eigenvalue weighted by atomic mass is 9.82. The summed E-state index contributed by atoms with van der Waals surface area (Å²) in [6.07, 6.45) is 5.44. The molecule has 2 aromatic rings. The first-order valence-electron chi connectivity index (χ1n) is 10.7. The Morgan fingerprint density at radius 1 is 1.17 bits per heavy atom. The highest BCUT2D eigenvalue weighted by Gasteiger charge is 2.39. The van der Waals surface area contributed by atoms with Crippen LogP contribution in [0.15, 0.2) is 29.5 Å². The van der Waals surface area contributed by atoms with Gasteiger partial charge in [0.05, 0.1) is 17.7 Å². The van der Waals surface area contributed by atoms with Gasteiger partial charge in [-0.3, -0.25) is 14.4 Å². The van der Waals surface area contributed by atoms with Crippen LogP contribution in [0.2, 0.25) is 0 Å². The zero-order valence-electron chi connectivity index (χ0n) is 18.2. The maximum absolute atomic E-state index is 13.2. The van der Waals surface area contributed by atoms with Gasteiger partial charge in [0.15, 0.2) is 5.78 Å². The van der Waals surface area contributed by atoms with Gasteiger partial charge >= 0.3 is 0 Å². The van der Waals surface area contributed by atoms with Crippen LogP contribution in [-0.2, 0) is 11.3 Å². The molecule has 0 spiro atoms. The minimum atomic E-state index is -0.162. The lowest BCUT2D eigenvalue weighted by molar-refractivity contribution is -0.132. The zero-order valence-corrected chi connectivity index (χ0v) is 18.2. The van der Waals surface area contributed by atoms with Gasteiger partial charge in [-0.05, 0) is 43.2 Å². The van der Waals surface area contributed by atoms with Gasteiger partial charge in [0.25, 0.3) is 5.56 Å². The van der Waals surface area contributed by atoms with Crippen molar-refractivity contribution in [3.05, 3.63) is 46.4 Å². The lowest BCUT2D eigenvalue weighted by Gasteiger charge is -2.29. The molecule has 0 aromatic carbocycles. The number of nitrogens with zero attached hydrogens (tertiary/aromatic N) is 4. The number of carbonyl (C=O) groups excluding carboxylic acids is 2. The first kappa shape index (κ1) is 20.6. The predicted octanol–water partition coefficient (Wildman–Crippen LogP) is 2.83. The highest BCUT2D eigenvalue weighted by atomic mass is 16.2. The fourth-order valence-corrected chi connectivity index (χ4v) is 4.70. The number of pyridine rings is 1. The smallest absolute Gasteiger partial charge is 0.275 e. The standard InChI is InChI=1S/C23H30N4O3/c1-15-12-26(14-24-15)19-6-5-18-21(29)17(8-10-27(18)22(19)30)16-7-9-25(13-16)20(28)11-23(2,3)4/h5-6,12,14,16-17H,7-11,13H2,1-4H3/t16-,17?/m1/s1. The summed E-state index contributed by atoms with van der Waals surface area (Å²) in [6, 6.07) is 3.47. The van der Waals surface area contributed by atoms with E-state index in [2.05, 4.69) is 25.8 Å². The van der Waals surface area contributed by atoms with Crippen molar-refractivity contribution in [3.63, 3.8) is 0 Å². The molecule has 2 aliphatic rings. The van der Waals surface area contributed by atoms with E-state index in [-0.39, 0.29) is 34.5 Å². The molecule has 0 N–H and O–H groups in total. The van der Waals surface area contributed by atoms with Crippen LogP contribution in [-0.4, -0.2) is 43.8 Å². The first-order valence-corrected chi connectivity index (χ1v) is 10.7. The van der Waals surface area contributed by atoms with Crippen molar-refractivity contribution in [2.24, 2.45) is 17.3 Å². The molecule has 1 amide bonds. The second-order valence-corrected chi connectivity index (χ2v) is 9.87. The number of Topliss-reactive ketones (excluding diaryl/α,β-unsaturated/α-hetero) is 1. The Bertz CT molecular complexity index is 1040. The molecule has 1 unspecified atom stereocenters. The van der Waals surface area contributed by atoms with Gasteiger partial charge in [0, 0.05) is 38.2 Å². The summed E-state index contributed by atoms with van der Waals surface area (Å²) in [4.78, 5) is 44.9. The Morgan fingerprint density at radius 2 is 1.93 bits per heavy atom. The average molecular weight is 411 g/mol.